The lowest BCUT2D eigenvalue weighted by molar-refractivity contribution is 0.00578. The van der Waals surface area contributed by atoms with Gasteiger partial charge in [-0.2, -0.15) is 5.10 Å². The zero-order chi connectivity index (χ0) is 13.7. The number of carbonyl (C=O) groups is 1. The number of nitrogens with zero attached hydrogens (tertiary/aromatic N) is 2. The van der Waals surface area contributed by atoms with E-state index in [0.29, 0.717) is 5.59 Å². The molecule has 1 N–H and O–H groups in total. The molecule has 2 heterocycles. The highest BCUT2D eigenvalue weighted by molar-refractivity contribution is 6.61. The molecular formula is C11H17BN2O4. The third kappa shape index (κ3) is 1.93. The summed E-state index contributed by atoms with van der Waals surface area (Å²) < 4.78 is 13.2. The van der Waals surface area contributed by atoms with Gasteiger partial charge in [0.2, 0.25) is 0 Å². The van der Waals surface area contributed by atoms with Crippen LogP contribution in [0, 0.1) is 0 Å². The van der Waals surface area contributed by atoms with Crippen LogP contribution in [-0.2, 0) is 16.4 Å². The van der Waals surface area contributed by atoms with Gasteiger partial charge in [-0.05, 0) is 33.8 Å². The van der Waals surface area contributed by atoms with Crippen molar-refractivity contribution in [2.75, 3.05) is 0 Å². The minimum absolute atomic E-state index is 0.0118. The van der Waals surface area contributed by atoms with Gasteiger partial charge in [0.15, 0.2) is 5.69 Å². The normalized spacial score (nSPS) is 21.3. The Labute approximate surface area is 106 Å². The predicted octanol–water partition coefficient (Wildman–Crippen LogP) is 0.417. The highest BCUT2D eigenvalue weighted by atomic mass is 16.7. The number of aryl methyl sites for hydroxylation is 1. The number of carboxylic acids is 1. The van der Waals surface area contributed by atoms with Gasteiger partial charge in [0.05, 0.1) is 16.8 Å². The second kappa shape index (κ2) is 3.83. The number of hydrogen-bond donors (Lipinski definition) is 1. The summed E-state index contributed by atoms with van der Waals surface area (Å²) in [7, 11) is 1.08. The van der Waals surface area contributed by atoms with Gasteiger partial charge >= 0.3 is 13.1 Å². The molecule has 0 aliphatic carbocycles. The third-order valence-corrected chi connectivity index (χ3v) is 3.63. The monoisotopic (exact) mass is 252 g/mol. The van der Waals surface area contributed by atoms with Crippen molar-refractivity contribution in [3.63, 3.8) is 0 Å². The summed E-state index contributed by atoms with van der Waals surface area (Å²) in [5, 5.41) is 12.8. The van der Waals surface area contributed by atoms with E-state index in [1.54, 1.807) is 7.05 Å². The minimum atomic E-state index is -1.06. The first-order chi connectivity index (χ1) is 8.14. The molecule has 0 spiro atoms. The van der Waals surface area contributed by atoms with Crippen molar-refractivity contribution in [1.29, 1.82) is 0 Å². The van der Waals surface area contributed by atoms with Gasteiger partial charge in [-0.25, -0.2) is 4.79 Å². The molecule has 1 saturated heterocycles. The molecule has 0 unspecified atom stereocenters. The molecule has 98 valence electrons. The first kappa shape index (κ1) is 13.1. The van der Waals surface area contributed by atoms with E-state index in [9.17, 15) is 4.79 Å². The molecule has 1 aliphatic heterocycles. The second-order valence-corrected chi connectivity index (χ2v) is 5.47. The minimum Gasteiger partial charge on any atom is -0.476 e. The van der Waals surface area contributed by atoms with Crippen molar-refractivity contribution in [3.8, 4) is 0 Å². The molecule has 1 aromatic rings. The molecule has 6 nitrogen and oxygen atoms in total. The van der Waals surface area contributed by atoms with Gasteiger partial charge in [0.1, 0.15) is 0 Å². The van der Waals surface area contributed by atoms with Crippen molar-refractivity contribution in [2.45, 2.75) is 38.9 Å². The Kier molecular flexibility index (Phi) is 2.79. The van der Waals surface area contributed by atoms with Crippen molar-refractivity contribution in [2.24, 2.45) is 7.05 Å². The molecule has 0 atom stereocenters. The smallest absolute Gasteiger partial charge is 0.476 e. The number of aromatic nitrogens is 2. The molecule has 1 fully saturated rings. The Hall–Kier alpha value is -1.34. The maximum atomic E-state index is 10.9. The number of carboxylic acid groups (broad SMARTS) is 1. The summed E-state index contributed by atoms with van der Waals surface area (Å²) >= 11 is 0. The number of rotatable bonds is 2. The first-order valence-corrected chi connectivity index (χ1v) is 5.77. The van der Waals surface area contributed by atoms with Crippen LogP contribution in [0.1, 0.15) is 38.2 Å². The van der Waals surface area contributed by atoms with E-state index in [-0.39, 0.29) is 5.69 Å². The fraction of sp³-hybridized carbons (Fsp3) is 0.636. The quantitative estimate of drug-likeness (QED) is 0.772. The van der Waals surface area contributed by atoms with Crippen molar-refractivity contribution >= 4 is 18.7 Å². The van der Waals surface area contributed by atoms with E-state index in [0.717, 1.165) is 0 Å². The lowest BCUT2D eigenvalue weighted by atomic mass is 9.84. The molecule has 0 aromatic carbocycles. The van der Waals surface area contributed by atoms with Gasteiger partial charge in [-0.15, -0.1) is 0 Å². The Morgan fingerprint density at radius 2 is 1.83 bits per heavy atom. The van der Waals surface area contributed by atoms with Crippen LogP contribution in [0.5, 0.6) is 0 Å². The molecule has 1 aromatic heterocycles. The summed E-state index contributed by atoms with van der Waals surface area (Å²) in [5.74, 6) is -1.06. The van der Waals surface area contributed by atoms with Gasteiger partial charge in [0.25, 0.3) is 0 Å². The second-order valence-electron chi connectivity index (χ2n) is 5.47. The maximum Gasteiger partial charge on any atom is 0.514 e. The SMILES string of the molecule is Cn1nc(C(=O)O)cc1B1OC(C)(C)C(C)(C)O1. The van der Waals surface area contributed by atoms with E-state index in [4.69, 9.17) is 14.4 Å². The van der Waals surface area contributed by atoms with Gasteiger partial charge in [-0.1, -0.05) is 0 Å². The standard InChI is InChI=1S/C11H17BN2O4/c1-10(2)11(3,4)18-12(17-10)8-6-7(9(15)16)13-14(8)5/h6H,1-5H3,(H,15,16). The van der Waals surface area contributed by atoms with Crippen molar-refractivity contribution in [1.82, 2.24) is 9.78 Å². The van der Waals surface area contributed by atoms with Gasteiger partial charge < -0.3 is 14.4 Å². The average molecular weight is 252 g/mol. The number of aromatic carboxylic acids is 1. The van der Waals surface area contributed by atoms with Crippen molar-refractivity contribution in [3.05, 3.63) is 11.8 Å². The van der Waals surface area contributed by atoms with E-state index in [1.807, 2.05) is 27.7 Å². The summed E-state index contributed by atoms with van der Waals surface area (Å²) in [4.78, 5) is 10.9. The van der Waals surface area contributed by atoms with Crippen LogP contribution in [0.25, 0.3) is 0 Å². The summed E-state index contributed by atoms with van der Waals surface area (Å²) in [5.41, 5.74) is -0.315. The fourth-order valence-corrected chi connectivity index (χ4v) is 1.77. The lowest BCUT2D eigenvalue weighted by Gasteiger charge is -2.32. The summed E-state index contributed by atoms with van der Waals surface area (Å²) in [6.45, 7) is 7.78. The largest absolute Gasteiger partial charge is 0.514 e. The summed E-state index contributed by atoms with van der Waals surface area (Å²) in [6.07, 6.45) is 0. The van der Waals surface area contributed by atoms with E-state index in [2.05, 4.69) is 5.10 Å². The highest BCUT2D eigenvalue weighted by Gasteiger charge is 2.52. The molecule has 18 heavy (non-hydrogen) atoms. The molecule has 1 aliphatic rings. The van der Waals surface area contributed by atoms with E-state index in [1.165, 1.54) is 10.7 Å². The Bertz CT molecular complexity index is 479. The molecule has 0 radical (unpaired) electrons. The Balaban J connectivity index is 2.32. The third-order valence-electron chi connectivity index (χ3n) is 3.63. The van der Waals surface area contributed by atoms with Crippen LogP contribution >= 0.6 is 0 Å². The van der Waals surface area contributed by atoms with Crippen LogP contribution in [0.2, 0.25) is 0 Å². The first-order valence-electron chi connectivity index (χ1n) is 5.77. The van der Waals surface area contributed by atoms with Crippen LogP contribution in [0.4, 0.5) is 0 Å². The fourth-order valence-electron chi connectivity index (χ4n) is 1.77. The van der Waals surface area contributed by atoms with Crippen LogP contribution in [0.3, 0.4) is 0 Å². The molecule has 7 heteroatoms. The zero-order valence-corrected chi connectivity index (χ0v) is 11.2. The number of hydrogen-bond acceptors (Lipinski definition) is 4. The van der Waals surface area contributed by atoms with Crippen LogP contribution < -0.4 is 5.59 Å². The molecule has 2 rings (SSSR count). The van der Waals surface area contributed by atoms with E-state index >= 15 is 0 Å². The van der Waals surface area contributed by atoms with Gasteiger partial charge in [0, 0.05) is 7.05 Å². The lowest BCUT2D eigenvalue weighted by Crippen LogP contribution is -2.41. The van der Waals surface area contributed by atoms with Crippen LogP contribution in [-0.4, -0.2) is 39.2 Å². The Morgan fingerprint density at radius 1 is 1.33 bits per heavy atom. The molecule has 0 amide bonds. The average Bonchev–Trinajstić information content (AvgIpc) is 2.66. The van der Waals surface area contributed by atoms with E-state index < -0.39 is 24.3 Å². The molecule has 0 bridgehead atoms. The molecule has 0 saturated carbocycles. The summed E-state index contributed by atoms with van der Waals surface area (Å²) in [6, 6.07) is 1.48. The van der Waals surface area contributed by atoms with Gasteiger partial charge in [-0.3, -0.25) is 4.68 Å². The predicted molar refractivity (Wildman–Crippen MR) is 65.9 cm³/mol. The Morgan fingerprint density at radius 3 is 2.22 bits per heavy atom. The molecular weight excluding hydrogens is 235 g/mol. The van der Waals surface area contributed by atoms with Crippen LogP contribution in [0.15, 0.2) is 6.07 Å². The van der Waals surface area contributed by atoms with Crippen molar-refractivity contribution < 1.29 is 19.2 Å². The zero-order valence-electron chi connectivity index (χ0n) is 11.2. The highest BCUT2D eigenvalue weighted by Crippen LogP contribution is 2.36. The topological polar surface area (TPSA) is 73.6 Å². The maximum absolute atomic E-state index is 10.9.